The maximum atomic E-state index is 12.6. The minimum atomic E-state index is -0.148. The number of esters is 1. The molecular formula is C22H32ClN3O3. The van der Waals surface area contributed by atoms with Crippen LogP contribution in [-0.2, 0) is 14.3 Å². The highest BCUT2D eigenvalue weighted by Gasteiger charge is 2.29. The molecule has 0 bridgehead atoms. The molecule has 1 N–H and O–H groups in total. The maximum Gasteiger partial charge on any atom is 0.310 e. The zero-order valence-electron chi connectivity index (χ0n) is 17.2. The Balaban J connectivity index is 1.55. The van der Waals surface area contributed by atoms with E-state index < -0.39 is 0 Å². The molecule has 1 aromatic carbocycles. The third-order valence-electron chi connectivity index (χ3n) is 5.83. The van der Waals surface area contributed by atoms with Crippen molar-refractivity contribution in [1.82, 2.24) is 15.1 Å². The van der Waals surface area contributed by atoms with E-state index in [0.717, 1.165) is 43.1 Å². The summed E-state index contributed by atoms with van der Waals surface area (Å²) in [6, 6.07) is 7.97. The van der Waals surface area contributed by atoms with Gasteiger partial charge in [-0.1, -0.05) is 29.8 Å². The quantitative estimate of drug-likeness (QED) is 0.654. The van der Waals surface area contributed by atoms with E-state index in [1.807, 2.05) is 31.2 Å². The molecule has 6 nitrogen and oxygen atoms in total. The highest BCUT2D eigenvalue weighted by Crippen LogP contribution is 2.29. The molecule has 29 heavy (non-hydrogen) atoms. The highest BCUT2D eigenvalue weighted by atomic mass is 35.5. The first-order valence-corrected chi connectivity index (χ1v) is 11.1. The van der Waals surface area contributed by atoms with Crippen LogP contribution in [0.4, 0.5) is 0 Å². The number of nitrogens with one attached hydrogen (secondary N) is 1. The molecule has 160 valence electrons. The molecule has 2 heterocycles. The van der Waals surface area contributed by atoms with Gasteiger partial charge in [-0.05, 0) is 63.9 Å². The number of halogens is 1. The second-order valence-corrected chi connectivity index (χ2v) is 8.32. The second kappa shape index (κ2) is 11.0. The summed E-state index contributed by atoms with van der Waals surface area (Å²) in [6.45, 7) is 6.55. The third-order valence-corrected chi connectivity index (χ3v) is 6.18. The predicted octanol–water partition coefficient (Wildman–Crippen LogP) is 2.87. The van der Waals surface area contributed by atoms with Crippen LogP contribution in [0.1, 0.15) is 44.2 Å². The number of amides is 1. The minimum absolute atomic E-state index is 0.00856. The molecule has 3 rings (SSSR count). The minimum Gasteiger partial charge on any atom is -0.466 e. The standard InChI is InChI=1S/C22H32ClN3O3/c1-2-29-22(28)17-8-7-11-25(15-17)16-21(27)24-14-20(26-12-5-6-13-26)18-9-3-4-10-19(18)23/h3-4,9-10,17,20H,2,5-8,11-16H2,1H3,(H,24,27)/t17-,20+/m0/s1. The van der Waals surface area contributed by atoms with Crippen molar-refractivity contribution < 1.29 is 14.3 Å². The predicted molar refractivity (Wildman–Crippen MR) is 114 cm³/mol. The van der Waals surface area contributed by atoms with Gasteiger partial charge in [-0.15, -0.1) is 0 Å². The number of hydrogen-bond acceptors (Lipinski definition) is 5. The van der Waals surface area contributed by atoms with Crippen molar-refractivity contribution in [2.24, 2.45) is 5.92 Å². The van der Waals surface area contributed by atoms with Crippen molar-refractivity contribution in [3.8, 4) is 0 Å². The lowest BCUT2D eigenvalue weighted by Crippen LogP contribution is -2.46. The number of carbonyl (C=O) groups is 2. The largest absolute Gasteiger partial charge is 0.466 e. The van der Waals surface area contributed by atoms with E-state index in [0.29, 0.717) is 26.2 Å². The number of likely N-dealkylation sites (tertiary alicyclic amines) is 2. The van der Waals surface area contributed by atoms with Crippen molar-refractivity contribution >= 4 is 23.5 Å². The van der Waals surface area contributed by atoms with Crippen LogP contribution in [0.5, 0.6) is 0 Å². The Hall–Kier alpha value is -1.63. The summed E-state index contributed by atoms with van der Waals surface area (Å²) in [7, 11) is 0. The number of piperidine rings is 1. The van der Waals surface area contributed by atoms with Gasteiger partial charge in [0.25, 0.3) is 0 Å². The molecule has 0 radical (unpaired) electrons. The van der Waals surface area contributed by atoms with E-state index in [4.69, 9.17) is 16.3 Å². The zero-order chi connectivity index (χ0) is 20.6. The van der Waals surface area contributed by atoms with Gasteiger partial charge in [-0.3, -0.25) is 19.4 Å². The van der Waals surface area contributed by atoms with Gasteiger partial charge in [0.2, 0.25) is 5.91 Å². The van der Waals surface area contributed by atoms with E-state index >= 15 is 0 Å². The van der Waals surface area contributed by atoms with Crippen LogP contribution in [-0.4, -0.2) is 67.6 Å². The average Bonchev–Trinajstić information content (AvgIpc) is 3.24. The lowest BCUT2D eigenvalue weighted by molar-refractivity contribution is -0.150. The summed E-state index contributed by atoms with van der Waals surface area (Å²) in [4.78, 5) is 29.1. The molecule has 7 heteroatoms. The lowest BCUT2D eigenvalue weighted by Gasteiger charge is -2.32. The zero-order valence-corrected chi connectivity index (χ0v) is 18.0. The lowest BCUT2D eigenvalue weighted by atomic mass is 9.98. The van der Waals surface area contributed by atoms with Gasteiger partial charge in [0.05, 0.1) is 25.1 Å². The van der Waals surface area contributed by atoms with Crippen LogP contribution in [0.25, 0.3) is 0 Å². The summed E-state index contributed by atoms with van der Waals surface area (Å²) in [5.41, 5.74) is 1.07. The molecule has 1 aromatic rings. The number of rotatable bonds is 8. The second-order valence-electron chi connectivity index (χ2n) is 7.91. The van der Waals surface area contributed by atoms with Crippen LogP contribution < -0.4 is 5.32 Å². The fourth-order valence-corrected chi connectivity index (χ4v) is 4.62. The molecule has 0 saturated carbocycles. The molecule has 2 fully saturated rings. The number of carbonyl (C=O) groups excluding carboxylic acids is 2. The molecule has 2 aliphatic rings. The van der Waals surface area contributed by atoms with Gasteiger partial charge in [0.1, 0.15) is 0 Å². The first-order valence-electron chi connectivity index (χ1n) is 10.7. The molecular weight excluding hydrogens is 390 g/mol. The van der Waals surface area contributed by atoms with Gasteiger partial charge < -0.3 is 10.1 Å². The van der Waals surface area contributed by atoms with Crippen LogP contribution >= 0.6 is 11.6 Å². The number of ether oxygens (including phenoxy) is 1. The summed E-state index contributed by atoms with van der Waals surface area (Å²) in [5, 5.41) is 3.85. The molecule has 0 unspecified atom stereocenters. The smallest absolute Gasteiger partial charge is 0.310 e. The molecule has 0 spiro atoms. The van der Waals surface area contributed by atoms with Crippen molar-refractivity contribution in [3.63, 3.8) is 0 Å². The number of nitrogens with zero attached hydrogens (tertiary/aromatic N) is 2. The Kier molecular flexibility index (Phi) is 8.33. The molecule has 0 aliphatic carbocycles. The maximum absolute atomic E-state index is 12.6. The monoisotopic (exact) mass is 421 g/mol. The molecule has 2 aliphatic heterocycles. The topological polar surface area (TPSA) is 61.9 Å². The summed E-state index contributed by atoms with van der Waals surface area (Å²) in [5.74, 6) is -0.284. The summed E-state index contributed by atoms with van der Waals surface area (Å²) >= 11 is 6.45. The van der Waals surface area contributed by atoms with Gasteiger partial charge >= 0.3 is 5.97 Å². The fraction of sp³-hybridized carbons (Fsp3) is 0.636. The third kappa shape index (κ3) is 6.17. The van der Waals surface area contributed by atoms with E-state index in [2.05, 4.69) is 15.1 Å². The van der Waals surface area contributed by atoms with Gasteiger partial charge in [0.15, 0.2) is 0 Å². The van der Waals surface area contributed by atoms with Gasteiger partial charge in [-0.25, -0.2) is 0 Å². The van der Waals surface area contributed by atoms with E-state index in [9.17, 15) is 9.59 Å². The van der Waals surface area contributed by atoms with Crippen molar-refractivity contribution in [3.05, 3.63) is 34.9 Å². The first-order chi connectivity index (χ1) is 14.1. The molecule has 2 atom stereocenters. The van der Waals surface area contributed by atoms with Crippen molar-refractivity contribution in [2.75, 3.05) is 45.9 Å². The molecule has 0 aromatic heterocycles. The van der Waals surface area contributed by atoms with E-state index in [1.165, 1.54) is 12.8 Å². The molecule has 1 amide bonds. The Morgan fingerprint density at radius 3 is 2.69 bits per heavy atom. The van der Waals surface area contributed by atoms with Crippen molar-refractivity contribution in [2.45, 2.75) is 38.6 Å². The summed E-state index contributed by atoms with van der Waals surface area (Å²) in [6.07, 6.45) is 4.10. The van der Waals surface area contributed by atoms with Crippen LogP contribution in [0.2, 0.25) is 5.02 Å². The van der Waals surface area contributed by atoms with Crippen LogP contribution in [0.3, 0.4) is 0 Å². The van der Waals surface area contributed by atoms with Crippen molar-refractivity contribution in [1.29, 1.82) is 0 Å². The van der Waals surface area contributed by atoms with Crippen LogP contribution in [0.15, 0.2) is 24.3 Å². The SMILES string of the molecule is CCOC(=O)[C@H]1CCCN(CC(=O)NC[C@H](c2ccccc2Cl)N2CCCC2)C1. The Morgan fingerprint density at radius 1 is 1.21 bits per heavy atom. The average molecular weight is 422 g/mol. The highest BCUT2D eigenvalue weighted by molar-refractivity contribution is 6.31. The molecule has 2 saturated heterocycles. The Bertz CT molecular complexity index is 694. The van der Waals surface area contributed by atoms with E-state index in [1.54, 1.807) is 0 Å². The Labute approximate surface area is 178 Å². The van der Waals surface area contributed by atoms with Gasteiger partial charge in [-0.2, -0.15) is 0 Å². The van der Waals surface area contributed by atoms with Crippen LogP contribution in [0, 0.1) is 5.92 Å². The number of hydrogen-bond donors (Lipinski definition) is 1. The van der Waals surface area contributed by atoms with Gasteiger partial charge in [0, 0.05) is 18.1 Å². The Morgan fingerprint density at radius 2 is 1.97 bits per heavy atom. The first kappa shape index (κ1) is 22.1. The fourth-order valence-electron chi connectivity index (χ4n) is 4.36. The number of benzene rings is 1. The summed E-state index contributed by atoms with van der Waals surface area (Å²) < 4.78 is 5.15. The normalized spacial score (nSPS) is 21.7. The van der Waals surface area contributed by atoms with E-state index in [-0.39, 0.29) is 23.8 Å².